The molecule has 0 aliphatic carbocycles. The highest BCUT2D eigenvalue weighted by molar-refractivity contribution is 7.90. The third-order valence-electron chi connectivity index (χ3n) is 2.24. The van der Waals surface area contributed by atoms with Crippen LogP contribution in [0.2, 0.25) is 0 Å². The summed E-state index contributed by atoms with van der Waals surface area (Å²) in [5, 5.41) is 9.69. The normalized spacial score (nSPS) is 10.9. The van der Waals surface area contributed by atoms with Gasteiger partial charge in [-0.05, 0) is 18.1 Å². The molecule has 0 saturated heterocycles. The zero-order chi connectivity index (χ0) is 11.6. The van der Waals surface area contributed by atoms with Crippen LogP contribution >= 0.6 is 12.4 Å². The van der Waals surface area contributed by atoms with Crippen molar-refractivity contribution < 1.29 is 13.5 Å². The van der Waals surface area contributed by atoms with Gasteiger partial charge in [0.15, 0.2) is 9.84 Å². The second-order valence-corrected chi connectivity index (χ2v) is 5.42. The molecule has 0 aromatic heterocycles. The number of hydrogen-bond donors (Lipinski definition) is 2. The van der Waals surface area contributed by atoms with Crippen molar-refractivity contribution in [3.63, 3.8) is 0 Å². The maximum atomic E-state index is 11.4. The van der Waals surface area contributed by atoms with Crippen molar-refractivity contribution in [2.75, 3.05) is 6.26 Å². The molecule has 92 valence electrons. The van der Waals surface area contributed by atoms with E-state index in [9.17, 15) is 13.5 Å². The Balaban J connectivity index is 0.00000225. The van der Waals surface area contributed by atoms with Crippen molar-refractivity contribution >= 4 is 22.2 Å². The highest BCUT2D eigenvalue weighted by Gasteiger charge is 2.16. The first-order chi connectivity index (χ1) is 6.90. The highest BCUT2D eigenvalue weighted by Crippen LogP contribution is 2.28. The van der Waals surface area contributed by atoms with Gasteiger partial charge in [0.25, 0.3) is 0 Å². The number of sulfone groups is 1. The zero-order valence-corrected chi connectivity index (χ0v) is 10.9. The summed E-state index contributed by atoms with van der Waals surface area (Å²) < 4.78 is 22.8. The molecular weight excluding hydrogens is 250 g/mol. The fourth-order valence-corrected chi connectivity index (χ4v) is 2.22. The molecule has 0 bridgehead atoms. The Morgan fingerprint density at radius 2 is 1.94 bits per heavy atom. The van der Waals surface area contributed by atoms with E-state index in [4.69, 9.17) is 5.73 Å². The fraction of sp³-hybridized carbons (Fsp3) is 0.400. The number of rotatable bonds is 3. The van der Waals surface area contributed by atoms with Crippen LogP contribution in [-0.2, 0) is 22.8 Å². The molecule has 0 atom stereocenters. The van der Waals surface area contributed by atoms with Gasteiger partial charge in [0.05, 0.1) is 0 Å². The van der Waals surface area contributed by atoms with Gasteiger partial charge in [-0.2, -0.15) is 0 Å². The quantitative estimate of drug-likeness (QED) is 0.862. The Labute approximate surface area is 102 Å². The van der Waals surface area contributed by atoms with Gasteiger partial charge in [0.1, 0.15) is 10.6 Å². The lowest BCUT2D eigenvalue weighted by Gasteiger charge is -2.09. The first-order valence-corrected chi connectivity index (χ1v) is 6.54. The average Bonchev–Trinajstić information content (AvgIpc) is 2.16. The van der Waals surface area contributed by atoms with Gasteiger partial charge in [0.2, 0.25) is 0 Å². The van der Waals surface area contributed by atoms with Crippen LogP contribution in [0.25, 0.3) is 0 Å². The molecule has 0 heterocycles. The number of halogens is 1. The summed E-state index contributed by atoms with van der Waals surface area (Å²) in [6.45, 7) is 2.04. The minimum atomic E-state index is -3.40. The van der Waals surface area contributed by atoms with E-state index in [0.717, 1.165) is 11.8 Å². The van der Waals surface area contributed by atoms with Crippen molar-refractivity contribution in [1.29, 1.82) is 0 Å². The molecule has 1 aromatic carbocycles. The standard InChI is InChI=1S/C10H15NO3S.ClH/c1-3-7-4-8(6-11)10(12)9(5-7)15(2,13)14;/h4-5,12H,3,6,11H2,1-2H3;1H. The molecule has 0 radical (unpaired) electrons. The van der Waals surface area contributed by atoms with Gasteiger partial charge < -0.3 is 10.8 Å². The third-order valence-corrected chi connectivity index (χ3v) is 3.35. The lowest BCUT2D eigenvalue weighted by molar-refractivity contribution is 0.451. The fourth-order valence-electron chi connectivity index (χ4n) is 1.37. The number of hydrogen-bond acceptors (Lipinski definition) is 4. The summed E-state index contributed by atoms with van der Waals surface area (Å²) in [6.07, 6.45) is 1.78. The summed E-state index contributed by atoms with van der Waals surface area (Å²) in [6, 6.07) is 3.22. The van der Waals surface area contributed by atoms with Crippen molar-refractivity contribution in [2.45, 2.75) is 24.8 Å². The van der Waals surface area contributed by atoms with Crippen LogP contribution in [0.1, 0.15) is 18.1 Å². The molecule has 0 spiro atoms. The molecule has 6 heteroatoms. The Morgan fingerprint density at radius 3 is 2.31 bits per heavy atom. The largest absolute Gasteiger partial charge is 0.506 e. The summed E-state index contributed by atoms with van der Waals surface area (Å²) >= 11 is 0. The van der Waals surface area contributed by atoms with Gasteiger partial charge in [-0.3, -0.25) is 0 Å². The minimum absolute atomic E-state index is 0. The molecule has 0 saturated carbocycles. The summed E-state index contributed by atoms with van der Waals surface area (Å²) in [4.78, 5) is -0.0395. The van der Waals surface area contributed by atoms with Crippen LogP contribution in [0.15, 0.2) is 17.0 Å². The Morgan fingerprint density at radius 1 is 1.38 bits per heavy atom. The van der Waals surface area contributed by atoms with Gasteiger partial charge in [-0.1, -0.05) is 13.0 Å². The molecule has 4 nitrogen and oxygen atoms in total. The van der Waals surface area contributed by atoms with E-state index in [2.05, 4.69) is 0 Å². The first-order valence-electron chi connectivity index (χ1n) is 4.65. The Bertz CT molecular complexity index is 471. The third kappa shape index (κ3) is 3.10. The highest BCUT2D eigenvalue weighted by atomic mass is 35.5. The molecule has 0 aliphatic heterocycles. The maximum Gasteiger partial charge on any atom is 0.179 e. The van der Waals surface area contributed by atoms with Gasteiger partial charge in [-0.25, -0.2) is 8.42 Å². The van der Waals surface area contributed by atoms with Gasteiger partial charge >= 0.3 is 0 Å². The number of phenolic OH excluding ortho intramolecular Hbond substituents is 1. The molecule has 3 N–H and O–H groups in total. The van der Waals surface area contributed by atoms with E-state index >= 15 is 0 Å². The molecule has 0 unspecified atom stereocenters. The number of benzene rings is 1. The second kappa shape index (κ2) is 5.52. The van der Waals surface area contributed by atoms with Crippen molar-refractivity contribution in [1.82, 2.24) is 0 Å². The van der Waals surface area contributed by atoms with E-state index in [1.54, 1.807) is 6.07 Å². The molecular formula is C10H16ClNO3S. The Hall–Kier alpha value is -0.780. The van der Waals surface area contributed by atoms with Crippen LogP contribution in [0.4, 0.5) is 0 Å². The molecule has 16 heavy (non-hydrogen) atoms. The van der Waals surface area contributed by atoms with E-state index in [1.165, 1.54) is 6.07 Å². The van der Waals surface area contributed by atoms with E-state index in [1.807, 2.05) is 6.92 Å². The minimum Gasteiger partial charge on any atom is -0.506 e. The summed E-state index contributed by atoms with van der Waals surface area (Å²) in [7, 11) is -3.40. The van der Waals surface area contributed by atoms with Crippen LogP contribution < -0.4 is 5.73 Å². The second-order valence-electron chi connectivity index (χ2n) is 3.43. The number of aryl methyl sites for hydroxylation is 1. The van der Waals surface area contributed by atoms with E-state index in [-0.39, 0.29) is 29.6 Å². The molecule has 0 fully saturated rings. The van der Waals surface area contributed by atoms with Crippen molar-refractivity contribution in [3.8, 4) is 5.75 Å². The van der Waals surface area contributed by atoms with Crippen molar-refractivity contribution in [3.05, 3.63) is 23.3 Å². The molecule has 0 amide bonds. The van der Waals surface area contributed by atoms with Crippen LogP contribution in [0, 0.1) is 0 Å². The first kappa shape index (κ1) is 15.2. The lowest BCUT2D eigenvalue weighted by Crippen LogP contribution is -2.04. The van der Waals surface area contributed by atoms with E-state index in [0.29, 0.717) is 12.0 Å². The van der Waals surface area contributed by atoms with Crippen LogP contribution in [0.3, 0.4) is 0 Å². The summed E-state index contributed by atoms with van der Waals surface area (Å²) in [5.41, 5.74) is 6.75. The van der Waals surface area contributed by atoms with Crippen LogP contribution in [0.5, 0.6) is 5.75 Å². The average molecular weight is 266 g/mol. The number of nitrogens with two attached hydrogens (primary N) is 1. The summed E-state index contributed by atoms with van der Waals surface area (Å²) in [5.74, 6) is -0.225. The number of aromatic hydroxyl groups is 1. The van der Waals surface area contributed by atoms with Gasteiger partial charge in [-0.15, -0.1) is 12.4 Å². The van der Waals surface area contributed by atoms with Gasteiger partial charge in [0, 0.05) is 18.4 Å². The topological polar surface area (TPSA) is 80.4 Å². The zero-order valence-electron chi connectivity index (χ0n) is 9.23. The predicted molar refractivity (Wildman–Crippen MR) is 65.7 cm³/mol. The SMILES string of the molecule is CCc1cc(CN)c(O)c(S(C)(=O)=O)c1.Cl. The van der Waals surface area contributed by atoms with Crippen molar-refractivity contribution in [2.24, 2.45) is 5.73 Å². The molecule has 1 aromatic rings. The Kier molecular flexibility index (Phi) is 5.25. The van der Waals surface area contributed by atoms with E-state index < -0.39 is 9.84 Å². The maximum absolute atomic E-state index is 11.4. The van der Waals surface area contributed by atoms with Crippen LogP contribution in [-0.4, -0.2) is 19.8 Å². The molecule has 0 aliphatic rings. The number of phenols is 1. The lowest BCUT2D eigenvalue weighted by atomic mass is 10.1. The smallest absolute Gasteiger partial charge is 0.179 e. The monoisotopic (exact) mass is 265 g/mol. The predicted octanol–water partition coefficient (Wildman–Crippen LogP) is 1.24. The molecule has 1 rings (SSSR count).